The maximum Gasteiger partial charge on any atom is 0.177 e. The van der Waals surface area contributed by atoms with Crippen LogP contribution in [0.5, 0.6) is 0 Å². The molecule has 1 aromatic heterocycles. The lowest BCUT2D eigenvalue weighted by Gasteiger charge is -2.13. The van der Waals surface area contributed by atoms with Gasteiger partial charge in [-0.1, -0.05) is 11.6 Å². The van der Waals surface area contributed by atoms with E-state index in [-0.39, 0.29) is 6.54 Å². The summed E-state index contributed by atoms with van der Waals surface area (Å²) in [5.41, 5.74) is 5.59. The van der Waals surface area contributed by atoms with Gasteiger partial charge in [0.05, 0.1) is 0 Å². The molecule has 15 heavy (non-hydrogen) atoms. The number of hydrogen-bond acceptors (Lipinski definition) is 2. The van der Waals surface area contributed by atoms with Crippen LogP contribution in [-0.4, -0.2) is 6.54 Å². The average Bonchev–Trinajstić information content (AvgIpc) is 2.61. The predicted molar refractivity (Wildman–Crippen MR) is 58.5 cm³/mol. The van der Waals surface area contributed by atoms with Gasteiger partial charge in [-0.25, -0.2) is 4.39 Å². The number of aryl methyl sites for hydroxylation is 1. The largest absolute Gasteiger partial charge is 0.458 e. The summed E-state index contributed by atoms with van der Waals surface area (Å²) in [6.07, 6.45) is 0. The summed E-state index contributed by atoms with van der Waals surface area (Å²) in [5, 5.41) is 0.919. The Bertz CT molecular complexity index is 487. The minimum Gasteiger partial charge on any atom is -0.458 e. The maximum absolute atomic E-state index is 13.9. The summed E-state index contributed by atoms with van der Waals surface area (Å²) in [7, 11) is 0. The molecule has 2 nitrogen and oxygen atoms in total. The van der Waals surface area contributed by atoms with Crippen molar-refractivity contribution in [3.63, 3.8) is 0 Å². The van der Waals surface area contributed by atoms with E-state index in [4.69, 9.17) is 10.2 Å². The van der Waals surface area contributed by atoms with Crippen LogP contribution in [-0.2, 0) is 5.67 Å². The highest BCUT2D eigenvalue weighted by molar-refractivity contribution is 5.78. The molecule has 2 N–H and O–H groups in total. The molecule has 0 aliphatic heterocycles. The zero-order chi connectivity index (χ0) is 11.1. The number of benzene rings is 1. The molecule has 2 rings (SSSR count). The highest BCUT2D eigenvalue weighted by atomic mass is 19.1. The minimum atomic E-state index is -1.59. The molecule has 0 aliphatic rings. The van der Waals surface area contributed by atoms with Crippen LogP contribution in [0.1, 0.15) is 18.2 Å². The van der Waals surface area contributed by atoms with E-state index in [0.717, 1.165) is 10.9 Å². The summed E-state index contributed by atoms with van der Waals surface area (Å²) in [5.74, 6) is 0.297. The second-order valence-corrected chi connectivity index (χ2v) is 4.05. The monoisotopic (exact) mass is 207 g/mol. The molecule has 0 aliphatic carbocycles. The van der Waals surface area contributed by atoms with Crippen LogP contribution in [0.2, 0.25) is 0 Å². The third-order valence-corrected chi connectivity index (χ3v) is 2.57. The molecule has 0 amide bonds. The fourth-order valence-electron chi connectivity index (χ4n) is 1.52. The van der Waals surface area contributed by atoms with Crippen molar-refractivity contribution in [1.29, 1.82) is 0 Å². The predicted octanol–water partition coefficient (Wildman–Crippen LogP) is 2.88. The molecule has 0 saturated heterocycles. The van der Waals surface area contributed by atoms with Gasteiger partial charge in [0.1, 0.15) is 11.3 Å². The highest BCUT2D eigenvalue weighted by Gasteiger charge is 2.28. The molecule has 1 heterocycles. The van der Waals surface area contributed by atoms with Crippen molar-refractivity contribution >= 4 is 11.0 Å². The van der Waals surface area contributed by atoms with E-state index in [1.165, 1.54) is 6.92 Å². The van der Waals surface area contributed by atoms with Crippen LogP contribution in [0.3, 0.4) is 0 Å². The Morgan fingerprint density at radius 2 is 2.13 bits per heavy atom. The molecule has 3 heteroatoms. The van der Waals surface area contributed by atoms with Crippen molar-refractivity contribution in [2.24, 2.45) is 5.73 Å². The number of fused-ring (bicyclic) bond motifs is 1. The molecule has 0 saturated carbocycles. The van der Waals surface area contributed by atoms with Crippen LogP contribution in [0.15, 0.2) is 28.7 Å². The average molecular weight is 207 g/mol. The number of nitrogens with two attached hydrogens (primary N) is 1. The molecule has 0 bridgehead atoms. The molecule has 1 atom stereocenters. The number of furan rings is 1. The van der Waals surface area contributed by atoms with Gasteiger partial charge in [-0.15, -0.1) is 0 Å². The van der Waals surface area contributed by atoms with Gasteiger partial charge in [-0.05, 0) is 32.0 Å². The quantitative estimate of drug-likeness (QED) is 0.822. The van der Waals surface area contributed by atoms with Crippen LogP contribution in [0.25, 0.3) is 11.0 Å². The molecule has 0 radical (unpaired) electrons. The van der Waals surface area contributed by atoms with E-state index in [9.17, 15) is 4.39 Å². The van der Waals surface area contributed by atoms with Crippen LogP contribution in [0, 0.1) is 6.92 Å². The summed E-state index contributed by atoms with van der Waals surface area (Å²) in [6, 6.07) is 7.47. The Kier molecular flexibility index (Phi) is 2.27. The SMILES string of the molecule is Cc1ccc2oc(C(C)(F)CN)cc2c1. The van der Waals surface area contributed by atoms with Gasteiger partial charge in [-0.2, -0.15) is 0 Å². The first-order valence-corrected chi connectivity index (χ1v) is 4.92. The minimum absolute atomic E-state index is 0.0776. The first-order valence-electron chi connectivity index (χ1n) is 4.92. The van der Waals surface area contributed by atoms with Crippen molar-refractivity contribution in [3.8, 4) is 0 Å². The zero-order valence-electron chi connectivity index (χ0n) is 8.88. The van der Waals surface area contributed by atoms with Gasteiger partial charge in [0.15, 0.2) is 5.67 Å². The Hall–Kier alpha value is -1.35. The van der Waals surface area contributed by atoms with Crippen LogP contribution >= 0.6 is 0 Å². The number of hydrogen-bond donors (Lipinski definition) is 1. The van der Waals surface area contributed by atoms with E-state index >= 15 is 0 Å². The molecular formula is C12H14FNO. The second-order valence-electron chi connectivity index (χ2n) is 4.05. The molecule has 0 spiro atoms. The topological polar surface area (TPSA) is 39.2 Å². The lowest BCUT2D eigenvalue weighted by Crippen LogP contribution is -2.25. The second kappa shape index (κ2) is 3.35. The van der Waals surface area contributed by atoms with Gasteiger partial charge >= 0.3 is 0 Å². The fourth-order valence-corrected chi connectivity index (χ4v) is 1.52. The van der Waals surface area contributed by atoms with E-state index in [1.54, 1.807) is 6.07 Å². The Morgan fingerprint density at radius 1 is 1.40 bits per heavy atom. The zero-order valence-corrected chi connectivity index (χ0v) is 8.88. The van der Waals surface area contributed by atoms with Crippen LogP contribution < -0.4 is 5.73 Å². The lowest BCUT2D eigenvalue weighted by molar-refractivity contribution is 0.167. The smallest absolute Gasteiger partial charge is 0.177 e. The molecule has 2 aromatic rings. The third kappa shape index (κ3) is 1.75. The van der Waals surface area contributed by atoms with Crippen LogP contribution in [0.4, 0.5) is 4.39 Å². The molecule has 1 aromatic carbocycles. The Labute approximate surface area is 87.9 Å². The number of alkyl halides is 1. The maximum atomic E-state index is 13.9. The number of halogens is 1. The van der Waals surface area contributed by atoms with Crippen molar-refractivity contribution in [1.82, 2.24) is 0 Å². The van der Waals surface area contributed by atoms with Gasteiger partial charge < -0.3 is 10.2 Å². The molecule has 80 valence electrons. The van der Waals surface area contributed by atoms with E-state index in [0.29, 0.717) is 11.3 Å². The normalized spacial score (nSPS) is 15.5. The Balaban J connectivity index is 2.56. The summed E-state index contributed by atoms with van der Waals surface area (Å²) < 4.78 is 19.3. The molecular weight excluding hydrogens is 193 g/mol. The highest BCUT2D eigenvalue weighted by Crippen LogP contribution is 2.30. The van der Waals surface area contributed by atoms with E-state index in [1.807, 2.05) is 25.1 Å². The Morgan fingerprint density at radius 3 is 2.80 bits per heavy atom. The van der Waals surface area contributed by atoms with Gasteiger partial charge in [-0.3, -0.25) is 0 Å². The number of rotatable bonds is 2. The first kappa shape index (κ1) is 10.2. The third-order valence-electron chi connectivity index (χ3n) is 2.57. The van der Waals surface area contributed by atoms with Gasteiger partial charge in [0.2, 0.25) is 0 Å². The molecule has 0 fully saturated rings. The van der Waals surface area contributed by atoms with Crippen molar-refractivity contribution in [3.05, 3.63) is 35.6 Å². The summed E-state index contributed by atoms with van der Waals surface area (Å²) >= 11 is 0. The molecule has 1 unspecified atom stereocenters. The summed E-state index contributed by atoms with van der Waals surface area (Å²) in [6.45, 7) is 3.34. The van der Waals surface area contributed by atoms with Crippen molar-refractivity contribution in [2.75, 3.05) is 6.54 Å². The van der Waals surface area contributed by atoms with E-state index < -0.39 is 5.67 Å². The van der Waals surface area contributed by atoms with Gasteiger partial charge in [0, 0.05) is 11.9 Å². The van der Waals surface area contributed by atoms with E-state index in [2.05, 4.69) is 0 Å². The first-order chi connectivity index (χ1) is 7.03. The van der Waals surface area contributed by atoms with Crippen molar-refractivity contribution < 1.29 is 8.81 Å². The van der Waals surface area contributed by atoms with Crippen molar-refractivity contribution in [2.45, 2.75) is 19.5 Å². The summed E-state index contributed by atoms with van der Waals surface area (Å²) in [4.78, 5) is 0. The standard InChI is InChI=1S/C12H14FNO/c1-8-3-4-10-9(5-8)6-11(15-10)12(2,13)7-14/h3-6H,7,14H2,1-2H3. The lowest BCUT2D eigenvalue weighted by atomic mass is 10.1. The fraction of sp³-hybridized carbons (Fsp3) is 0.333. The van der Waals surface area contributed by atoms with Gasteiger partial charge in [0.25, 0.3) is 0 Å².